The van der Waals surface area contributed by atoms with E-state index in [0.717, 1.165) is 10.6 Å². The Balaban J connectivity index is 2.54. The number of sulfonamides is 1. The van der Waals surface area contributed by atoms with Gasteiger partial charge in [-0.3, -0.25) is 14.4 Å². The van der Waals surface area contributed by atoms with Gasteiger partial charge in [0.2, 0.25) is 21.8 Å². The summed E-state index contributed by atoms with van der Waals surface area (Å²) in [5.41, 5.74) is 1.10. The number of nitrogens with zero attached hydrogens (tertiary/aromatic N) is 1. The van der Waals surface area contributed by atoms with Gasteiger partial charge in [-0.15, -0.1) is 0 Å². The molecular formula is C14H19N3O6S. The molecule has 1 aromatic rings. The number of carbonyl (C=O) groups excluding carboxylic acids is 2. The van der Waals surface area contributed by atoms with Crippen LogP contribution in [0.5, 0.6) is 0 Å². The van der Waals surface area contributed by atoms with Crippen LogP contribution in [0.1, 0.15) is 5.56 Å². The van der Waals surface area contributed by atoms with Crippen molar-refractivity contribution in [1.29, 1.82) is 0 Å². The van der Waals surface area contributed by atoms with E-state index >= 15 is 0 Å². The largest absolute Gasteiger partial charge is 0.480 e. The number of nitrogens with one attached hydrogen (secondary N) is 2. The molecule has 0 aromatic heterocycles. The number of aliphatic carboxylic acids is 1. The molecule has 24 heavy (non-hydrogen) atoms. The minimum atomic E-state index is -3.44. The second kappa shape index (κ2) is 8.41. The maximum Gasteiger partial charge on any atom is 0.322 e. The molecule has 0 fully saturated rings. The van der Waals surface area contributed by atoms with Crippen LogP contribution in [-0.2, 0) is 30.8 Å². The number of anilines is 1. The highest BCUT2D eigenvalue weighted by Crippen LogP contribution is 2.10. The molecule has 0 heterocycles. The number of benzene rings is 1. The lowest BCUT2D eigenvalue weighted by Gasteiger charge is -2.13. The van der Waals surface area contributed by atoms with Crippen molar-refractivity contribution in [1.82, 2.24) is 9.62 Å². The van der Waals surface area contributed by atoms with Crippen LogP contribution in [-0.4, -0.2) is 62.0 Å². The van der Waals surface area contributed by atoms with E-state index in [1.54, 1.807) is 24.3 Å². The minimum absolute atomic E-state index is 0.0122. The molecule has 1 aromatic carbocycles. The van der Waals surface area contributed by atoms with Crippen LogP contribution >= 0.6 is 0 Å². The van der Waals surface area contributed by atoms with Gasteiger partial charge in [-0.1, -0.05) is 12.1 Å². The molecule has 0 radical (unpaired) electrons. The molecule has 0 aliphatic heterocycles. The fourth-order valence-electron chi connectivity index (χ4n) is 1.65. The normalized spacial score (nSPS) is 11.1. The Morgan fingerprint density at radius 1 is 1.12 bits per heavy atom. The van der Waals surface area contributed by atoms with Gasteiger partial charge in [0.15, 0.2) is 0 Å². The Kier molecular flexibility index (Phi) is 6.86. The Bertz CT molecular complexity index is 715. The van der Waals surface area contributed by atoms with E-state index in [-0.39, 0.29) is 13.0 Å². The predicted molar refractivity (Wildman–Crippen MR) is 86.9 cm³/mol. The lowest BCUT2D eigenvalue weighted by atomic mass is 10.1. The van der Waals surface area contributed by atoms with Crippen molar-refractivity contribution in [3.63, 3.8) is 0 Å². The molecule has 0 unspecified atom stereocenters. The van der Waals surface area contributed by atoms with Crippen LogP contribution < -0.4 is 10.6 Å². The number of carbonyl (C=O) groups is 3. The summed E-state index contributed by atoms with van der Waals surface area (Å²) in [4.78, 5) is 33.6. The van der Waals surface area contributed by atoms with Crippen LogP contribution in [0.3, 0.4) is 0 Å². The van der Waals surface area contributed by atoms with E-state index in [9.17, 15) is 22.8 Å². The third kappa shape index (κ3) is 7.20. The first-order valence-electron chi connectivity index (χ1n) is 6.86. The maximum atomic E-state index is 11.7. The molecule has 9 nitrogen and oxygen atoms in total. The summed E-state index contributed by atoms with van der Waals surface area (Å²) in [6.45, 7) is -0.751. The summed E-state index contributed by atoms with van der Waals surface area (Å²) in [5, 5.41) is 13.3. The Labute approximate surface area is 139 Å². The van der Waals surface area contributed by atoms with Crippen molar-refractivity contribution in [3.05, 3.63) is 29.8 Å². The third-order valence-electron chi connectivity index (χ3n) is 2.97. The van der Waals surface area contributed by atoms with Gasteiger partial charge < -0.3 is 15.7 Å². The summed E-state index contributed by atoms with van der Waals surface area (Å²) in [7, 11) is -2.14. The average Bonchev–Trinajstić information content (AvgIpc) is 2.46. The van der Waals surface area contributed by atoms with Crippen molar-refractivity contribution in [2.24, 2.45) is 0 Å². The molecule has 0 saturated heterocycles. The van der Waals surface area contributed by atoms with E-state index in [1.165, 1.54) is 7.05 Å². The Morgan fingerprint density at radius 3 is 2.21 bits per heavy atom. The average molecular weight is 357 g/mol. The van der Waals surface area contributed by atoms with Crippen molar-refractivity contribution >= 4 is 33.5 Å². The number of rotatable bonds is 8. The van der Waals surface area contributed by atoms with Gasteiger partial charge in [0.25, 0.3) is 0 Å². The molecule has 0 atom stereocenters. The van der Waals surface area contributed by atoms with Crippen molar-refractivity contribution < 1.29 is 27.9 Å². The second-order valence-corrected chi connectivity index (χ2v) is 7.20. The van der Waals surface area contributed by atoms with Crippen LogP contribution in [0.15, 0.2) is 24.3 Å². The number of hydrogen-bond donors (Lipinski definition) is 3. The van der Waals surface area contributed by atoms with E-state index in [0.29, 0.717) is 11.3 Å². The number of carboxylic acids is 1. The summed E-state index contributed by atoms with van der Waals surface area (Å²) in [6, 6.07) is 6.35. The molecule has 10 heteroatoms. The molecular weight excluding hydrogens is 338 g/mol. The van der Waals surface area contributed by atoms with Gasteiger partial charge in [-0.05, 0) is 17.7 Å². The smallest absolute Gasteiger partial charge is 0.322 e. The predicted octanol–water partition coefficient (Wildman–Crippen LogP) is -0.740. The summed E-state index contributed by atoms with van der Waals surface area (Å²) in [6.07, 6.45) is 1.02. The molecule has 132 valence electrons. The Morgan fingerprint density at radius 2 is 1.71 bits per heavy atom. The number of hydrogen-bond acceptors (Lipinski definition) is 5. The van der Waals surface area contributed by atoms with Gasteiger partial charge in [0.1, 0.15) is 6.54 Å². The second-order valence-electron chi connectivity index (χ2n) is 5.11. The topological polar surface area (TPSA) is 133 Å². The molecule has 1 rings (SSSR count). The molecule has 0 aliphatic carbocycles. The zero-order valence-electron chi connectivity index (χ0n) is 13.3. The monoisotopic (exact) mass is 357 g/mol. The van der Waals surface area contributed by atoms with Crippen LogP contribution in [0.4, 0.5) is 5.69 Å². The molecule has 2 amide bonds. The zero-order chi connectivity index (χ0) is 18.3. The standard InChI is InChI=1S/C14H19N3O6S/c1-17(24(2,22)23)9-13(19)16-11-5-3-10(4-6-11)7-12(18)15-8-14(20)21/h3-6H,7-9H2,1-2H3,(H,15,18)(H,16,19)(H,20,21). The van der Waals surface area contributed by atoms with Crippen LogP contribution in [0, 0.1) is 0 Å². The number of carboxylic acid groups (broad SMARTS) is 1. The molecule has 0 bridgehead atoms. The lowest BCUT2D eigenvalue weighted by Crippen LogP contribution is -2.34. The fourth-order valence-corrected chi connectivity index (χ4v) is 2.00. The molecule has 0 aliphatic rings. The zero-order valence-corrected chi connectivity index (χ0v) is 14.1. The first-order valence-corrected chi connectivity index (χ1v) is 8.71. The SMILES string of the molecule is CN(CC(=O)Nc1ccc(CC(=O)NCC(=O)O)cc1)S(C)(=O)=O. The third-order valence-corrected chi connectivity index (χ3v) is 4.23. The van der Waals surface area contributed by atoms with E-state index < -0.39 is 34.4 Å². The highest BCUT2D eigenvalue weighted by molar-refractivity contribution is 7.88. The lowest BCUT2D eigenvalue weighted by molar-refractivity contribution is -0.137. The minimum Gasteiger partial charge on any atom is -0.480 e. The maximum absolute atomic E-state index is 11.7. The summed E-state index contributed by atoms with van der Waals surface area (Å²) >= 11 is 0. The number of likely N-dealkylation sites (N-methyl/N-ethyl adjacent to an activating group) is 1. The van der Waals surface area contributed by atoms with Crippen LogP contribution in [0.2, 0.25) is 0 Å². The van der Waals surface area contributed by atoms with Crippen LogP contribution in [0.25, 0.3) is 0 Å². The Hall–Kier alpha value is -2.46. The highest BCUT2D eigenvalue weighted by atomic mass is 32.2. The van der Waals surface area contributed by atoms with Gasteiger partial charge in [-0.2, -0.15) is 4.31 Å². The first-order chi connectivity index (χ1) is 11.1. The highest BCUT2D eigenvalue weighted by Gasteiger charge is 2.15. The first kappa shape index (κ1) is 19.6. The van der Waals surface area contributed by atoms with E-state index in [2.05, 4.69) is 10.6 Å². The molecule has 0 spiro atoms. The van der Waals surface area contributed by atoms with Crippen molar-refractivity contribution in [2.75, 3.05) is 31.7 Å². The summed E-state index contributed by atoms with van der Waals surface area (Å²) < 4.78 is 23.4. The van der Waals surface area contributed by atoms with Gasteiger partial charge in [0, 0.05) is 12.7 Å². The quantitative estimate of drug-likeness (QED) is 0.561. The summed E-state index contributed by atoms with van der Waals surface area (Å²) in [5.74, 6) is -2.04. The fraction of sp³-hybridized carbons (Fsp3) is 0.357. The number of amides is 2. The van der Waals surface area contributed by atoms with Gasteiger partial charge in [-0.25, -0.2) is 8.42 Å². The van der Waals surface area contributed by atoms with Crippen molar-refractivity contribution in [3.8, 4) is 0 Å². The van der Waals surface area contributed by atoms with Gasteiger partial charge >= 0.3 is 5.97 Å². The molecule has 0 saturated carbocycles. The molecule has 3 N–H and O–H groups in total. The van der Waals surface area contributed by atoms with E-state index in [1.807, 2.05) is 0 Å². The van der Waals surface area contributed by atoms with Crippen molar-refractivity contribution in [2.45, 2.75) is 6.42 Å². The van der Waals surface area contributed by atoms with Gasteiger partial charge in [0.05, 0.1) is 19.2 Å². The van der Waals surface area contributed by atoms with E-state index in [4.69, 9.17) is 5.11 Å².